The number of amides is 1. The smallest absolute Gasteiger partial charge is 0.258 e. The molecule has 38 heavy (non-hydrogen) atoms. The number of fused-ring (bicyclic) bond motifs is 1. The lowest BCUT2D eigenvalue weighted by atomic mass is 9.98. The molecular formula is C29H25FN4O4. The number of aliphatic hydroxyl groups excluding tert-OH is 1. The van der Waals surface area contributed by atoms with Gasteiger partial charge in [0.25, 0.3) is 11.5 Å². The Balaban J connectivity index is 1.43. The number of rotatable bonds is 7. The molecule has 0 radical (unpaired) electrons. The summed E-state index contributed by atoms with van der Waals surface area (Å²) >= 11 is 0. The Morgan fingerprint density at radius 2 is 1.97 bits per heavy atom. The molecule has 9 heteroatoms. The van der Waals surface area contributed by atoms with Crippen LogP contribution >= 0.6 is 0 Å². The second-order valence-corrected chi connectivity index (χ2v) is 9.14. The van der Waals surface area contributed by atoms with E-state index >= 15 is 0 Å². The van der Waals surface area contributed by atoms with Crippen LogP contribution in [0.15, 0.2) is 82.6 Å². The van der Waals surface area contributed by atoms with Gasteiger partial charge < -0.3 is 19.5 Å². The minimum Gasteiger partial charge on any atom is -0.389 e. The first-order chi connectivity index (χ1) is 18.3. The van der Waals surface area contributed by atoms with Crippen molar-refractivity contribution in [1.29, 1.82) is 0 Å². The molecule has 2 N–H and O–H groups in total. The SMILES string of the molecule is Cc1nocc1-c1ccc2c(=O)n(Cc3cccc(C(=O)NCc4ccc(F)nc4)c3)cc(C(C)O)c2c1. The van der Waals surface area contributed by atoms with Crippen LogP contribution in [0.25, 0.3) is 21.9 Å². The standard InChI is InChI=1S/C29H25FN4O4/c1-17-26(16-38-33-17)21-7-8-23-24(11-21)25(18(2)35)15-34(29(23)37)14-19-4-3-5-22(10-19)28(36)32-13-20-6-9-27(30)31-12-20/h3-12,15-16,18,35H,13-14H2,1-2H3,(H,32,36). The quantitative estimate of drug-likeness (QED) is 0.310. The van der Waals surface area contributed by atoms with Crippen molar-refractivity contribution in [2.24, 2.45) is 0 Å². The molecule has 0 saturated carbocycles. The summed E-state index contributed by atoms with van der Waals surface area (Å²) in [5.74, 6) is -0.885. The molecule has 0 bridgehead atoms. The third-order valence-electron chi connectivity index (χ3n) is 6.41. The van der Waals surface area contributed by atoms with Crippen LogP contribution < -0.4 is 10.9 Å². The second kappa shape index (κ2) is 10.4. The normalized spacial score (nSPS) is 12.0. The Morgan fingerprint density at radius 3 is 2.68 bits per heavy atom. The molecule has 0 spiro atoms. The van der Waals surface area contributed by atoms with E-state index in [1.807, 2.05) is 25.1 Å². The van der Waals surface area contributed by atoms with Crippen LogP contribution in [-0.2, 0) is 13.1 Å². The van der Waals surface area contributed by atoms with Crippen LogP contribution in [0.3, 0.4) is 0 Å². The number of aliphatic hydroxyl groups is 1. The molecule has 8 nitrogen and oxygen atoms in total. The molecular weight excluding hydrogens is 487 g/mol. The van der Waals surface area contributed by atoms with Crippen LogP contribution in [0.5, 0.6) is 0 Å². The monoisotopic (exact) mass is 512 g/mol. The fraction of sp³-hybridized carbons (Fsp3) is 0.172. The Kier molecular flexibility index (Phi) is 6.85. The maximum absolute atomic E-state index is 13.4. The Labute approximate surface area is 217 Å². The molecule has 0 fully saturated rings. The summed E-state index contributed by atoms with van der Waals surface area (Å²) in [6, 6.07) is 15.2. The van der Waals surface area contributed by atoms with Gasteiger partial charge in [-0.1, -0.05) is 29.4 Å². The van der Waals surface area contributed by atoms with Crippen LogP contribution in [0.1, 0.15) is 45.8 Å². The van der Waals surface area contributed by atoms with Crippen LogP contribution in [0.4, 0.5) is 4.39 Å². The fourth-order valence-corrected chi connectivity index (χ4v) is 4.41. The van der Waals surface area contributed by atoms with Gasteiger partial charge in [-0.2, -0.15) is 4.39 Å². The number of carbonyl (C=O) groups excluding carboxylic acids is 1. The largest absolute Gasteiger partial charge is 0.389 e. The Bertz CT molecular complexity index is 1690. The zero-order valence-electron chi connectivity index (χ0n) is 20.8. The molecule has 0 aliphatic rings. The van der Waals surface area contributed by atoms with Crippen molar-refractivity contribution in [2.45, 2.75) is 33.0 Å². The summed E-state index contributed by atoms with van der Waals surface area (Å²) < 4.78 is 19.6. The average Bonchev–Trinajstić information content (AvgIpc) is 3.35. The van der Waals surface area contributed by atoms with Crippen molar-refractivity contribution < 1.29 is 18.8 Å². The molecule has 1 amide bonds. The molecule has 0 aliphatic heterocycles. The number of nitrogens with zero attached hydrogens (tertiary/aromatic N) is 3. The highest BCUT2D eigenvalue weighted by Gasteiger charge is 2.16. The predicted octanol–water partition coefficient (Wildman–Crippen LogP) is 4.53. The molecule has 3 aromatic heterocycles. The first-order valence-electron chi connectivity index (χ1n) is 12.0. The van der Waals surface area contributed by atoms with Crippen molar-refractivity contribution in [3.8, 4) is 11.1 Å². The van der Waals surface area contributed by atoms with Crippen molar-refractivity contribution in [3.05, 3.63) is 118 Å². The number of hydrogen-bond donors (Lipinski definition) is 2. The molecule has 3 heterocycles. The van der Waals surface area contributed by atoms with Gasteiger partial charge >= 0.3 is 0 Å². The highest BCUT2D eigenvalue weighted by atomic mass is 19.1. The van der Waals surface area contributed by atoms with Gasteiger partial charge in [-0.15, -0.1) is 0 Å². The van der Waals surface area contributed by atoms with Gasteiger partial charge in [0.15, 0.2) is 0 Å². The summed E-state index contributed by atoms with van der Waals surface area (Å²) in [5, 5.41) is 18.4. The minimum atomic E-state index is -0.818. The third kappa shape index (κ3) is 5.09. The predicted molar refractivity (Wildman–Crippen MR) is 140 cm³/mol. The highest BCUT2D eigenvalue weighted by molar-refractivity contribution is 5.94. The molecule has 1 atom stereocenters. The van der Waals surface area contributed by atoms with Crippen molar-refractivity contribution in [2.75, 3.05) is 0 Å². The van der Waals surface area contributed by atoms with Gasteiger partial charge in [0.05, 0.1) is 18.3 Å². The lowest BCUT2D eigenvalue weighted by Crippen LogP contribution is -2.24. The summed E-state index contributed by atoms with van der Waals surface area (Å²) in [6.07, 6.45) is 3.77. The Hall–Kier alpha value is -4.63. The van der Waals surface area contributed by atoms with Crippen molar-refractivity contribution >= 4 is 16.7 Å². The van der Waals surface area contributed by atoms with Gasteiger partial charge in [-0.05, 0) is 66.3 Å². The van der Waals surface area contributed by atoms with Crippen LogP contribution in [-0.4, -0.2) is 25.7 Å². The molecule has 2 aromatic carbocycles. The molecule has 192 valence electrons. The third-order valence-corrected chi connectivity index (χ3v) is 6.41. The summed E-state index contributed by atoms with van der Waals surface area (Å²) in [7, 11) is 0. The van der Waals surface area contributed by atoms with E-state index in [2.05, 4.69) is 15.5 Å². The van der Waals surface area contributed by atoms with E-state index in [1.54, 1.807) is 49.7 Å². The summed E-state index contributed by atoms with van der Waals surface area (Å²) in [6.45, 7) is 3.91. The van der Waals surface area contributed by atoms with Gasteiger partial charge in [0, 0.05) is 41.0 Å². The van der Waals surface area contributed by atoms with Crippen molar-refractivity contribution in [3.63, 3.8) is 0 Å². The van der Waals surface area contributed by atoms with E-state index in [9.17, 15) is 19.1 Å². The zero-order chi connectivity index (χ0) is 26.8. The number of halogens is 1. The van der Waals surface area contributed by atoms with Crippen LogP contribution in [0.2, 0.25) is 0 Å². The van der Waals surface area contributed by atoms with Gasteiger partial charge in [-0.25, -0.2) is 4.98 Å². The van der Waals surface area contributed by atoms with Gasteiger partial charge in [0.1, 0.15) is 6.26 Å². The summed E-state index contributed by atoms with van der Waals surface area (Å²) in [5.41, 5.74) is 4.63. The lowest BCUT2D eigenvalue weighted by molar-refractivity contribution is 0.0950. The number of aryl methyl sites for hydroxylation is 1. The van der Waals surface area contributed by atoms with Crippen LogP contribution in [0, 0.1) is 12.9 Å². The number of nitrogens with one attached hydrogen (secondary N) is 1. The van der Waals surface area contributed by atoms with E-state index in [1.165, 1.54) is 16.8 Å². The molecule has 0 saturated heterocycles. The fourth-order valence-electron chi connectivity index (χ4n) is 4.41. The number of carbonyl (C=O) groups is 1. The number of pyridine rings is 2. The molecule has 0 aliphatic carbocycles. The van der Waals surface area contributed by atoms with Crippen molar-refractivity contribution in [1.82, 2.24) is 20.0 Å². The van der Waals surface area contributed by atoms with Gasteiger partial charge in [0.2, 0.25) is 5.95 Å². The lowest BCUT2D eigenvalue weighted by Gasteiger charge is -2.15. The number of hydrogen-bond acceptors (Lipinski definition) is 6. The van der Waals surface area contributed by atoms with E-state index in [4.69, 9.17) is 4.52 Å². The maximum atomic E-state index is 13.4. The van der Waals surface area contributed by atoms with E-state index in [0.29, 0.717) is 27.5 Å². The second-order valence-electron chi connectivity index (χ2n) is 9.14. The average molecular weight is 513 g/mol. The summed E-state index contributed by atoms with van der Waals surface area (Å²) in [4.78, 5) is 29.7. The number of aromatic nitrogens is 3. The van der Waals surface area contributed by atoms with E-state index in [0.717, 1.165) is 22.4 Å². The molecule has 1 unspecified atom stereocenters. The zero-order valence-corrected chi connectivity index (χ0v) is 20.8. The number of benzene rings is 2. The molecule has 5 rings (SSSR count). The maximum Gasteiger partial charge on any atom is 0.258 e. The highest BCUT2D eigenvalue weighted by Crippen LogP contribution is 2.29. The minimum absolute atomic E-state index is 0.203. The van der Waals surface area contributed by atoms with E-state index in [-0.39, 0.29) is 24.6 Å². The van der Waals surface area contributed by atoms with Gasteiger partial charge in [-0.3, -0.25) is 9.59 Å². The van der Waals surface area contributed by atoms with E-state index < -0.39 is 12.1 Å². The first kappa shape index (κ1) is 25.0. The topological polar surface area (TPSA) is 110 Å². The first-order valence-corrected chi connectivity index (χ1v) is 12.0. The molecule has 5 aromatic rings. The Morgan fingerprint density at radius 1 is 1.13 bits per heavy atom.